The Morgan fingerprint density at radius 2 is 2.20 bits per heavy atom. The van der Waals surface area contributed by atoms with Crippen LogP contribution in [0.1, 0.15) is 20.3 Å². The summed E-state index contributed by atoms with van der Waals surface area (Å²) in [4.78, 5) is 0. The van der Waals surface area contributed by atoms with Crippen molar-refractivity contribution in [3.05, 3.63) is 24.3 Å². The van der Waals surface area contributed by atoms with E-state index in [9.17, 15) is 0 Å². The van der Waals surface area contributed by atoms with Gasteiger partial charge >= 0.3 is 0 Å². The minimum absolute atomic E-state index is 0.925. The van der Waals surface area contributed by atoms with E-state index < -0.39 is 0 Å². The standard InChI is InChI=1S/C9H17N/c1-4-5-6-7-10-8-9(2)3/h5-6,10H,2,4,7-8H2,1,3H3/b6-5-. The maximum absolute atomic E-state index is 3.79. The van der Waals surface area contributed by atoms with Gasteiger partial charge in [-0.1, -0.05) is 31.2 Å². The van der Waals surface area contributed by atoms with Gasteiger partial charge in [-0.05, 0) is 13.3 Å². The van der Waals surface area contributed by atoms with Crippen molar-refractivity contribution in [3.63, 3.8) is 0 Å². The Balaban J connectivity index is 3.05. The molecule has 0 saturated carbocycles. The predicted molar refractivity (Wildman–Crippen MR) is 47.1 cm³/mol. The van der Waals surface area contributed by atoms with E-state index in [1.807, 2.05) is 6.92 Å². The van der Waals surface area contributed by atoms with Crippen LogP contribution in [0.2, 0.25) is 0 Å². The van der Waals surface area contributed by atoms with Crippen molar-refractivity contribution in [2.45, 2.75) is 20.3 Å². The minimum Gasteiger partial charge on any atom is -0.310 e. The second-order valence-corrected chi connectivity index (χ2v) is 2.47. The largest absolute Gasteiger partial charge is 0.310 e. The van der Waals surface area contributed by atoms with Crippen molar-refractivity contribution < 1.29 is 0 Å². The molecule has 0 amide bonds. The van der Waals surface area contributed by atoms with Gasteiger partial charge in [0.05, 0.1) is 0 Å². The van der Waals surface area contributed by atoms with Crippen LogP contribution in [0.4, 0.5) is 0 Å². The number of allylic oxidation sites excluding steroid dienone is 1. The third kappa shape index (κ3) is 7.44. The van der Waals surface area contributed by atoms with E-state index in [1.54, 1.807) is 0 Å². The van der Waals surface area contributed by atoms with Crippen LogP contribution in [0.3, 0.4) is 0 Å². The Bertz CT molecular complexity index is 114. The highest BCUT2D eigenvalue weighted by molar-refractivity contribution is 4.92. The Labute approximate surface area is 63.8 Å². The molecule has 0 radical (unpaired) electrons. The van der Waals surface area contributed by atoms with E-state index in [0.29, 0.717) is 0 Å². The van der Waals surface area contributed by atoms with Gasteiger partial charge in [-0.15, -0.1) is 0 Å². The van der Waals surface area contributed by atoms with Gasteiger partial charge in [0.25, 0.3) is 0 Å². The molecule has 0 atom stereocenters. The quantitative estimate of drug-likeness (QED) is 0.454. The van der Waals surface area contributed by atoms with Gasteiger partial charge < -0.3 is 5.32 Å². The van der Waals surface area contributed by atoms with E-state index in [2.05, 4.69) is 31.0 Å². The first kappa shape index (κ1) is 9.44. The summed E-state index contributed by atoms with van der Waals surface area (Å²) in [6.07, 6.45) is 5.42. The van der Waals surface area contributed by atoms with Gasteiger partial charge in [0.15, 0.2) is 0 Å². The Morgan fingerprint density at radius 1 is 1.50 bits per heavy atom. The molecule has 58 valence electrons. The molecule has 0 aromatic heterocycles. The first-order valence-electron chi connectivity index (χ1n) is 3.77. The molecule has 0 aliphatic carbocycles. The van der Waals surface area contributed by atoms with E-state index in [1.165, 1.54) is 5.57 Å². The Kier molecular flexibility index (Phi) is 6.19. The highest BCUT2D eigenvalue weighted by Crippen LogP contribution is 1.81. The maximum Gasteiger partial charge on any atom is 0.0162 e. The van der Waals surface area contributed by atoms with E-state index in [0.717, 1.165) is 19.5 Å². The molecule has 0 aliphatic rings. The molecule has 0 aliphatic heterocycles. The lowest BCUT2D eigenvalue weighted by molar-refractivity contribution is 0.814. The van der Waals surface area contributed by atoms with Crippen molar-refractivity contribution >= 4 is 0 Å². The van der Waals surface area contributed by atoms with Crippen LogP contribution in [-0.4, -0.2) is 13.1 Å². The topological polar surface area (TPSA) is 12.0 Å². The molecule has 0 spiro atoms. The van der Waals surface area contributed by atoms with Crippen molar-refractivity contribution in [1.82, 2.24) is 5.32 Å². The molecule has 0 saturated heterocycles. The zero-order valence-corrected chi connectivity index (χ0v) is 6.98. The molecular formula is C9H17N. The summed E-state index contributed by atoms with van der Waals surface area (Å²) in [6, 6.07) is 0. The summed E-state index contributed by atoms with van der Waals surface area (Å²) in [5.74, 6) is 0. The summed E-state index contributed by atoms with van der Waals surface area (Å²) in [7, 11) is 0. The first-order chi connectivity index (χ1) is 4.77. The molecule has 0 rings (SSSR count). The average Bonchev–Trinajstić information content (AvgIpc) is 1.87. The normalized spacial score (nSPS) is 10.6. The lowest BCUT2D eigenvalue weighted by Crippen LogP contribution is -2.15. The van der Waals surface area contributed by atoms with Crippen molar-refractivity contribution in [2.24, 2.45) is 0 Å². The van der Waals surface area contributed by atoms with Crippen molar-refractivity contribution in [1.29, 1.82) is 0 Å². The fourth-order valence-corrected chi connectivity index (χ4v) is 0.619. The van der Waals surface area contributed by atoms with Gasteiger partial charge in [0, 0.05) is 13.1 Å². The molecule has 1 N–H and O–H groups in total. The molecule has 10 heavy (non-hydrogen) atoms. The van der Waals surface area contributed by atoms with Crippen LogP contribution in [0, 0.1) is 0 Å². The minimum atomic E-state index is 0.925. The number of nitrogens with one attached hydrogen (secondary N) is 1. The van der Waals surface area contributed by atoms with Crippen LogP contribution >= 0.6 is 0 Å². The van der Waals surface area contributed by atoms with Crippen molar-refractivity contribution in [3.8, 4) is 0 Å². The van der Waals surface area contributed by atoms with Crippen molar-refractivity contribution in [2.75, 3.05) is 13.1 Å². The highest BCUT2D eigenvalue weighted by Gasteiger charge is 1.81. The predicted octanol–water partition coefficient (Wildman–Crippen LogP) is 2.12. The summed E-state index contributed by atoms with van der Waals surface area (Å²) < 4.78 is 0. The third-order valence-corrected chi connectivity index (χ3v) is 1.09. The SMILES string of the molecule is C=C(C)CNC/C=C\CC. The smallest absolute Gasteiger partial charge is 0.0162 e. The van der Waals surface area contributed by atoms with Crippen LogP contribution in [0.15, 0.2) is 24.3 Å². The zero-order valence-electron chi connectivity index (χ0n) is 6.98. The van der Waals surface area contributed by atoms with E-state index in [-0.39, 0.29) is 0 Å². The second-order valence-electron chi connectivity index (χ2n) is 2.47. The van der Waals surface area contributed by atoms with Gasteiger partial charge in [0.2, 0.25) is 0 Å². The first-order valence-corrected chi connectivity index (χ1v) is 3.77. The average molecular weight is 139 g/mol. The van der Waals surface area contributed by atoms with Gasteiger partial charge in [-0.25, -0.2) is 0 Å². The number of hydrogen-bond donors (Lipinski definition) is 1. The summed E-state index contributed by atoms with van der Waals surface area (Å²) in [6.45, 7) is 9.83. The molecule has 1 heteroatoms. The van der Waals surface area contributed by atoms with Crippen LogP contribution in [0.25, 0.3) is 0 Å². The lowest BCUT2D eigenvalue weighted by Gasteiger charge is -1.98. The molecule has 0 aromatic carbocycles. The monoisotopic (exact) mass is 139 g/mol. The Morgan fingerprint density at radius 3 is 2.70 bits per heavy atom. The highest BCUT2D eigenvalue weighted by atomic mass is 14.8. The van der Waals surface area contributed by atoms with Gasteiger partial charge in [0.1, 0.15) is 0 Å². The van der Waals surface area contributed by atoms with E-state index >= 15 is 0 Å². The third-order valence-electron chi connectivity index (χ3n) is 1.09. The fraction of sp³-hybridized carbons (Fsp3) is 0.556. The number of hydrogen-bond acceptors (Lipinski definition) is 1. The molecule has 1 nitrogen and oxygen atoms in total. The van der Waals surface area contributed by atoms with Gasteiger partial charge in [-0.3, -0.25) is 0 Å². The summed E-state index contributed by atoms with van der Waals surface area (Å²) >= 11 is 0. The maximum atomic E-state index is 3.79. The molecule has 0 fully saturated rings. The molecule has 0 unspecified atom stereocenters. The van der Waals surface area contributed by atoms with Gasteiger partial charge in [-0.2, -0.15) is 0 Å². The molecule has 0 aromatic rings. The molecule has 0 heterocycles. The number of rotatable bonds is 5. The second kappa shape index (κ2) is 6.56. The molecular weight excluding hydrogens is 122 g/mol. The van der Waals surface area contributed by atoms with Crippen LogP contribution in [0.5, 0.6) is 0 Å². The van der Waals surface area contributed by atoms with E-state index in [4.69, 9.17) is 0 Å². The van der Waals surface area contributed by atoms with Crippen LogP contribution in [-0.2, 0) is 0 Å². The summed E-state index contributed by atoms with van der Waals surface area (Å²) in [5.41, 5.74) is 1.19. The van der Waals surface area contributed by atoms with Crippen LogP contribution < -0.4 is 5.32 Å². The fourth-order valence-electron chi connectivity index (χ4n) is 0.619. The summed E-state index contributed by atoms with van der Waals surface area (Å²) in [5, 5.41) is 3.23. The lowest BCUT2D eigenvalue weighted by atomic mass is 10.3. The zero-order chi connectivity index (χ0) is 7.82. The Hall–Kier alpha value is -0.560. The molecule has 0 bridgehead atoms.